The molecule has 3 rings (SSSR count). The van der Waals surface area contributed by atoms with E-state index in [0.717, 1.165) is 20.6 Å². The van der Waals surface area contributed by atoms with Crippen molar-refractivity contribution in [1.29, 1.82) is 0 Å². The third-order valence-electron chi connectivity index (χ3n) is 4.13. The van der Waals surface area contributed by atoms with Crippen molar-refractivity contribution in [2.45, 2.75) is 6.54 Å². The van der Waals surface area contributed by atoms with Gasteiger partial charge in [0.25, 0.3) is 11.8 Å². The Labute approximate surface area is 165 Å². The predicted molar refractivity (Wildman–Crippen MR) is 107 cm³/mol. The lowest BCUT2D eigenvalue weighted by molar-refractivity contribution is -0.130. The number of barbiturate groups is 1. The van der Waals surface area contributed by atoms with Crippen LogP contribution in [0.15, 0.2) is 58.6 Å². The lowest BCUT2D eigenvalue weighted by Gasteiger charge is -2.26. The highest BCUT2D eigenvalue weighted by Gasteiger charge is 2.35. The van der Waals surface area contributed by atoms with Gasteiger partial charge in [0, 0.05) is 18.6 Å². The zero-order valence-electron chi connectivity index (χ0n) is 14.9. The molecule has 27 heavy (non-hydrogen) atoms. The third kappa shape index (κ3) is 4.09. The molecule has 1 fully saturated rings. The van der Waals surface area contributed by atoms with Crippen LogP contribution in [0.5, 0.6) is 0 Å². The van der Waals surface area contributed by atoms with Gasteiger partial charge in [-0.05, 0) is 45.3 Å². The summed E-state index contributed by atoms with van der Waals surface area (Å²) in [5.41, 5.74) is 2.38. The zero-order valence-corrected chi connectivity index (χ0v) is 16.5. The molecule has 7 heteroatoms. The van der Waals surface area contributed by atoms with Gasteiger partial charge in [0.05, 0.1) is 12.2 Å². The molecule has 0 saturated carbocycles. The van der Waals surface area contributed by atoms with Crippen LogP contribution in [0.3, 0.4) is 0 Å². The smallest absolute Gasteiger partial charge is 0.331 e. The number of hydrogen-bond acceptors (Lipinski definition) is 4. The number of nitrogens with one attached hydrogen (secondary N) is 1. The van der Waals surface area contributed by atoms with Crippen LogP contribution in [0.4, 0.5) is 10.5 Å². The van der Waals surface area contributed by atoms with E-state index in [1.807, 2.05) is 67.5 Å². The van der Waals surface area contributed by atoms with E-state index in [1.165, 1.54) is 6.08 Å². The molecule has 4 amide bonds. The Balaban J connectivity index is 1.91. The lowest BCUT2D eigenvalue weighted by atomic mass is 10.1. The van der Waals surface area contributed by atoms with E-state index >= 15 is 0 Å². The summed E-state index contributed by atoms with van der Waals surface area (Å²) >= 11 is 3.49. The maximum absolute atomic E-state index is 12.8. The standard InChI is InChI=1S/C20H18BrN3O3/c1-23(2)17-9-8-14(11-16(17)21)10-15-18(25)22-20(27)24(19(15)26)12-13-6-4-3-5-7-13/h3-11H,12H2,1-2H3,(H,22,25,27). The Morgan fingerprint density at radius 1 is 1.07 bits per heavy atom. The number of hydrogen-bond donors (Lipinski definition) is 1. The van der Waals surface area contributed by atoms with Crippen LogP contribution >= 0.6 is 15.9 Å². The number of urea groups is 1. The van der Waals surface area contributed by atoms with Crippen LogP contribution in [0.2, 0.25) is 0 Å². The molecule has 138 valence electrons. The second kappa shape index (κ2) is 7.75. The van der Waals surface area contributed by atoms with E-state index in [0.29, 0.717) is 5.56 Å². The highest BCUT2D eigenvalue weighted by atomic mass is 79.9. The number of anilines is 1. The summed E-state index contributed by atoms with van der Waals surface area (Å²) in [5.74, 6) is -1.30. The Morgan fingerprint density at radius 2 is 1.78 bits per heavy atom. The fourth-order valence-corrected chi connectivity index (χ4v) is 3.50. The second-order valence-electron chi connectivity index (χ2n) is 6.30. The first kappa shape index (κ1) is 18.8. The van der Waals surface area contributed by atoms with Crippen molar-refractivity contribution in [2.24, 2.45) is 0 Å². The molecular weight excluding hydrogens is 410 g/mol. The van der Waals surface area contributed by atoms with Gasteiger partial charge >= 0.3 is 6.03 Å². The molecule has 0 spiro atoms. The van der Waals surface area contributed by atoms with Crippen LogP contribution in [-0.2, 0) is 16.1 Å². The summed E-state index contributed by atoms with van der Waals surface area (Å²) in [5, 5.41) is 2.23. The minimum absolute atomic E-state index is 0.0740. The molecule has 6 nitrogen and oxygen atoms in total. The Hall–Kier alpha value is -2.93. The molecule has 1 heterocycles. The lowest BCUT2D eigenvalue weighted by Crippen LogP contribution is -2.53. The maximum atomic E-state index is 12.8. The van der Waals surface area contributed by atoms with Crippen molar-refractivity contribution >= 4 is 45.5 Å². The quantitative estimate of drug-likeness (QED) is 0.600. The van der Waals surface area contributed by atoms with Gasteiger partial charge in [-0.3, -0.25) is 19.8 Å². The van der Waals surface area contributed by atoms with Crippen molar-refractivity contribution in [3.05, 3.63) is 69.7 Å². The number of halogens is 1. The summed E-state index contributed by atoms with van der Waals surface area (Å²) in [7, 11) is 3.84. The Morgan fingerprint density at radius 3 is 2.41 bits per heavy atom. The molecule has 0 aromatic heterocycles. The van der Waals surface area contributed by atoms with E-state index < -0.39 is 17.8 Å². The van der Waals surface area contributed by atoms with Crippen molar-refractivity contribution in [2.75, 3.05) is 19.0 Å². The van der Waals surface area contributed by atoms with Crippen LogP contribution in [0.1, 0.15) is 11.1 Å². The summed E-state index contributed by atoms with van der Waals surface area (Å²) in [4.78, 5) is 40.1. The topological polar surface area (TPSA) is 69.7 Å². The predicted octanol–water partition coefficient (Wildman–Crippen LogP) is 3.18. The number of benzene rings is 2. The molecule has 0 unspecified atom stereocenters. The van der Waals surface area contributed by atoms with Gasteiger partial charge in [-0.1, -0.05) is 36.4 Å². The highest BCUT2D eigenvalue weighted by molar-refractivity contribution is 9.10. The molecule has 2 aromatic rings. The van der Waals surface area contributed by atoms with E-state index in [4.69, 9.17) is 0 Å². The highest BCUT2D eigenvalue weighted by Crippen LogP contribution is 2.27. The first-order valence-electron chi connectivity index (χ1n) is 8.26. The van der Waals surface area contributed by atoms with Crippen molar-refractivity contribution in [3.8, 4) is 0 Å². The molecule has 1 saturated heterocycles. The molecule has 0 radical (unpaired) electrons. The molecule has 0 aliphatic carbocycles. The fraction of sp³-hybridized carbons (Fsp3) is 0.150. The molecule has 0 bridgehead atoms. The van der Waals surface area contributed by atoms with Gasteiger partial charge in [-0.2, -0.15) is 0 Å². The number of nitrogens with zero attached hydrogens (tertiary/aromatic N) is 2. The van der Waals surface area contributed by atoms with Crippen molar-refractivity contribution < 1.29 is 14.4 Å². The maximum Gasteiger partial charge on any atom is 0.331 e. The van der Waals surface area contributed by atoms with Crippen LogP contribution in [0, 0.1) is 0 Å². The molecule has 1 aliphatic heterocycles. The molecule has 0 atom stereocenters. The Kier molecular flexibility index (Phi) is 5.41. The monoisotopic (exact) mass is 427 g/mol. The van der Waals surface area contributed by atoms with Gasteiger partial charge in [0.1, 0.15) is 5.57 Å². The number of amides is 4. The summed E-state index contributed by atoms with van der Waals surface area (Å²) in [6.07, 6.45) is 1.49. The molecule has 1 N–H and O–H groups in total. The SMILES string of the molecule is CN(C)c1ccc(C=C2C(=O)NC(=O)N(Cc3ccccc3)C2=O)cc1Br. The van der Waals surface area contributed by atoms with Crippen molar-refractivity contribution in [1.82, 2.24) is 10.2 Å². The van der Waals surface area contributed by atoms with Gasteiger partial charge in [-0.25, -0.2) is 4.79 Å². The first-order valence-corrected chi connectivity index (χ1v) is 9.06. The van der Waals surface area contributed by atoms with E-state index in [1.54, 1.807) is 0 Å². The van der Waals surface area contributed by atoms with E-state index in [9.17, 15) is 14.4 Å². The molecule has 2 aromatic carbocycles. The summed E-state index contributed by atoms with van der Waals surface area (Å²) < 4.78 is 0.836. The average molecular weight is 428 g/mol. The molecular formula is C20H18BrN3O3. The Bertz CT molecular complexity index is 939. The van der Waals surface area contributed by atoms with Gasteiger partial charge in [-0.15, -0.1) is 0 Å². The third-order valence-corrected chi connectivity index (χ3v) is 4.77. The fourth-order valence-electron chi connectivity index (χ4n) is 2.75. The van der Waals surface area contributed by atoms with Gasteiger partial charge < -0.3 is 4.90 Å². The van der Waals surface area contributed by atoms with Crippen LogP contribution < -0.4 is 10.2 Å². The van der Waals surface area contributed by atoms with Gasteiger partial charge in [0.2, 0.25) is 0 Å². The normalized spacial score (nSPS) is 15.9. The average Bonchev–Trinajstić information content (AvgIpc) is 2.63. The number of carbonyl (C=O) groups excluding carboxylic acids is 3. The van der Waals surface area contributed by atoms with E-state index in [-0.39, 0.29) is 12.1 Å². The minimum Gasteiger partial charge on any atom is -0.377 e. The number of imide groups is 2. The van der Waals surface area contributed by atoms with Crippen molar-refractivity contribution in [3.63, 3.8) is 0 Å². The van der Waals surface area contributed by atoms with Crippen LogP contribution in [0.25, 0.3) is 6.08 Å². The number of carbonyl (C=O) groups is 3. The van der Waals surface area contributed by atoms with Gasteiger partial charge in [0.15, 0.2) is 0 Å². The second-order valence-corrected chi connectivity index (χ2v) is 7.15. The minimum atomic E-state index is -0.713. The summed E-state index contributed by atoms with van der Waals surface area (Å²) in [6, 6.07) is 13.9. The first-order chi connectivity index (χ1) is 12.9. The largest absolute Gasteiger partial charge is 0.377 e. The number of rotatable bonds is 4. The zero-order chi connectivity index (χ0) is 19.6. The summed E-state index contributed by atoms with van der Waals surface area (Å²) in [6.45, 7) is 0.0966. The van der Waals surface area contributed by atoms with Crippen LogP contribution in [-0.4, -0.2) is 36.8 Å². The van der Waals surface area contributed by atoms with E-state index in [2.05, 4.69) is 21.2 Å². The molecule has 1 aliphatic rings.